The van der Waals surface area contributed by atoms with Gasteiger partial charge < -0.3 is 5.11 Å². The SMILES string of the molecule is CCC(CO)N1CCN(Cc2cnc3ncccn23)CC1. The Morgan fingerprint density at radius 1 is 1.24 bits per heavy atom. The number of aromatic nitrogens is 3. The van der Waals surface area contributed by atoms with E-state index in [4.69, 9.17) is 0 Å². The van der Waals surface area contributed by atoms with Gasteiger partial charge in [0.2, 0.25) is 5.78 Å². The number of imidazole rings is 1. The smallest absolute Gasteiger partial charge is 0.233 e. The molecule has 1 N–H and O–H groups in total. The number of aliphatic hydroxyl groups is 1. The van der Waals surface area contributed by atoms with Gasteiger partial charge in [0.05, 0.1) is 18.5 Å². The maximum Gasteiger partial charge on any atom is 0.233 e. The molecule has 0 aromatic carbocycles. The van der Waals surface area contributed by atoms with Gasteiger partial charge in [0.25, 0.3) is 0 Å². The second kappa shape index (κ2) is 6.51. The molecular formula is C15H23N5O. The minimum absolute atomic E-state index is 0.259. The molecule has 0 bridgehead atoms. The number of nitrogens with zero attached hydrogens (tertiary/aromatic N) is 5. The van der Waals surface area contributed by atoms with Crippen molar-refractivity contribution in [3.8, 4) is 0 Å². The molecule has 114 valence electrons. The number of piperazine rings is 1. The molecule has 2 aromatic rings. The zero-order valence-electron chi connectivity index (χ0n) is 12.5. The van der Waals surface area contributed by atoms with E-state index in [1.165, 1.54) is 5.69 Å². The first kappa shape index (κ1) is 14.4. The van der Waals surface area contributed by atoms with E-state index in [2.05, 4.69) is 31.1 Å². The molecule has 0 saturated carbocycles. The second-order valence-corrected chi connectivity index (χ2v) is 5.60. The first-order valence-electron chi connectivity index (χ1n) is 7.66. The van der Waals surface area contributed by atoms with E-state index >= 15 is 0 Å². The van der Waals surface area contributed by atoms with E-state index in [0.717, 1.165) is 44.9 Å². The van der Waals surface area contributed by atoms with Crippen LogP contribution >= 0.6 is 0 Å². The third-order valence-corrected chi connectivity index (χ3v) is 4.36. The Hall–Kier alpha value is -1.50. The standard InChI is InChI=1S/C15H23N5O/c1-2-13(12-21)19-8-6-18(7-9-19)11-14-10-17-15-16-4-3-5-20(14)15/h3-5,10,13,21H,2,6-9,11-12H2,1H3. The molecule has 1 unspecified atom stereocenters. The van der Waals surface area contributed by atoms with E-state index in [0.29, 0.717) is 6.04 Å². The van der Waals surface area contributed by atoms with Gasteiger partial charge in [-0.3, -0.25) is 14.2 Å². The van der Waals surface area contributed by atoms with Gasteiger partial charge in [-0.2, -0.15) is 0 Å². The van der Waals surface area contributed by atoms with Crippen molar-refractivity contribution in [3.63, 3.8) is 0 Å². The number of hydrogen-bond acceptors (Lipinski definition) is 5. The molecule has 1 aliphatic heterocycles. The maximum atomic E-state index is 9.40. The van der Waals surface area contributed by atoms with Gasteiger partial charge in [0, 0.05) is 51.2 Å². The summed E-state index contributed by atoms with van der Waals surface area (Å²) in [4.78, 5) is 13.4. The van der Waals surface area contributed by atoms with Crippen molar-refractivity contribution >= 4 is 5.78 Å². The Labute approximate surface area is 125 Å². The molecule has 3 heterocycles. The number of rotatable bonds is 5. The summed E-state index contributed by atoms with van der Waals surface area (Å²) < 4.78 is 2.05. The lowest BCUT2D eigenvalue weighted by Gasteiger charge is -2.38. The van der Waals surface area contributed by atoms with Gasteiger partial charge in [-0.1, -0.05) is 6.92 Å². The quantitative estimate of drug-likeness (QED) is 0.874. The lowest BCUT2D eigenvalue weighted by Crippen LogP contribution is -2.50. The van der Waals surface area contributed by atoms with Crippen molar-refractivity contribution in [1.29, 1.82) is 0 Å². The molecule has 0 radical (unpaired) electrons. The molecule has 1 saturated heterocycles. The summed E-state index contributed by atoms with van der Waals surface area (Å²) in [6.07, 6.45) is 6.71. The zero-order valence-corrected chi connectivity index (χ0v) is 12.5. The van der Waals surface area contributed by atoms with Gasteiger partial charge in [0.15, 0.2) is 0 Å². The van der Waals surface area contributed by atoms with Crippen LogP contribution in [0.25, 0.3) is 5.78 Å². The summed E-state index contributed by atoms with van der Waals surface area (Å²) in [7, 11) is 0. The van der Waals surface area contributed by atoms with Gasteiger partial charge in [-0.25, -0.2) is 9.97 Å². The highest BCUT2D eigenvalue weighted by atomic mass is 16.3. The lowest BCUT2D eigenvalue weighted by molar-refractivity contribution is 0.0603. The first-order valence-corrected chi connectivity index (χ1v) is 7.66. The number of hydrogen-bond donors (Lipinski definition) is 1. The number of fused-ring (bicyclic) bond motifs is 1. The normalized spacial score (nSPS) is 19.1. The van der Waals surface area contributed by atoms with Crippen LogP contribution in [0.2, 0.25) is 0 Å². The van der Waals surface area contributed by atoms with Crippen molar-refractivity contribution in [2.45, 2.75) is 25.9 Å². The Kier molecular flexibility index (Phi) is 4.48. The Balaban J connectivity index is 1.60. The van der Waals surface area contributed by atoms with Gasteiger partial charge in [0.1, 0.15) is 0 Å². The minimum Gasteiger partial charge on any atom is -0.395 e. The summed E-state index contributed by atoms with van der Waals surface area (Å²) >= 11 is 0. The van der Waals surface area contributed by atoms with Crippen molar-refractivity contribution in [2.24, 2.45) is 0 Å². The van der Waals surface area contributed by atoms with Crippen LogP contribution in [0.4, 0.5) is 0 Å². The van der Waals surface area contributed by atoms with Gasteiger partial charge >= 0.3 is 0 Å². The minimum atomic E-state index is 0.259. The topological polar surface area (TPSA) is 56.9 Å². The highest BCUT2D eigenvalue weighted by Gasteiger charge is 2.22. The molecular weight excluding hydrogens is 266 g/mol. The fourth-order valence-corrected chi connectivity index (χ4v) is 3.01. The third kappa shape index (κ3) is 3.07. The van der Waals surface area contributed by atoms with E-state index in [1.807, 2.05) is 18.5 Å². The molecule has 3 rings (SSSR count). The summed E-state index contributed by atoms with van der Waals surface area (Å²) in [5.74, 6) is 0.762. The van der Waals surface area contributed by atoms with Crippen LogP contribution in [-0.2, 0) is 6.54 Å². The Morgan fingerprint density at radius 2 is 2.05 bits per heavy atom. The summed E-state index contributed by atoms with van der Waals surface area (Å²) in [6, 6.07) is 2.25. The molecule has 6 nitrogen and oxygen atoms in total. The molecule has 21 heavy (non-hydrogen) atoms. The summed E-state index contributed by atoms with van der Waals surface area (Å²) in [5.41, 5.74) is 1.18. The van der Waals surface area contributed by atoms with Crippen LogP contribution in [0.3, 0.4) is 0 Å². The summed E-state index contributed by atoms with van der Waals surface area (Å²) in [5, 5.41) is 9.40. The molecule has 0 spiro atoms. The van der Waals surface area contributed by atoms with Crippen molar-refractivity contribution in [3.05, 3.63) is 30.4 Å². The second-order valence-electron chi connectivity index (χ2n) is 5.60. The van der Waals surface area contributed by atoms with Crippen LogP contribution in [0.1, 0.15) is 19.0 Å². The maximum absolute atomic E-state index is 9.40. The predicted molar refractivity (Wildman–Crippen MR) is 81.0 cm³/mol. The van der Waals surface area contributed by atoms with E-state index < -0.39 is 0 Å². The average Bonchev–Trinajstić information content (AvgIpc) is 2.93. The fraction of sp³-hybridized carbons (Fsp3) is 0.600. The zero-order chi connectivity index (χ0) is 14.7. The van der Waals surface area contributed by atoms with E-state index in [9.17, 15) is 5.11 Å². The Morgan fingerprint density at radius 3 is 2.76 bits per heavy atom. The monoisotopic (exact) mass is 289 g/mol. The highest BCUT2D eigenvalue weighted by molar-refractivity contribution is 5.30. The van der Waals surface area contributed by atoms with Crippen LogP contribution in [0, 0.1) is 0 Å². The Bertz CT molecular complexity index is 572. The molecule has 0 amide bonds. The van der Waals surface area contributed by atoms with Gasteiger partial charge in [-0.05, 0) is 12.5 Å². The fourth-order valence-electron chi connectivity index (χ4n) is 3.01. The number of aliphatic hydroxyl groups excluding tert-OH is 1. The molecule has 1 fully saturated rings. The lowest BCUT2D eigenvalue weighted by atomic mass is 10.1. The van der Waals surface area contributed by atoms with Crippen molar-refractivity contribution < 1.29 is 5.11 Å². The predicted octanol–water partition coefficient (Wildman–Crippen LogP) is 0.618. The van der Waals surface area contributed by atoms with Crippen molar-refractivity contribution in [2.75, 3.05) is 32.8 Å². The highest BCUT2D eigenvalue weighted by Crippen LogP contribution is 2.12. The average molecular weight is 289 g/mol. The molecule has 2 aromatic heterocycles. The van der Waals surface area contributed by atoms with Crippen LogP contribution in [0.15, 0.2) is 24.7 Å². The molecule has 1 atom stereocenters. The molecule has 1 aliphatic rings. The van der Waals surface area contributed by atoms with E-state index in [-0.39, 0.29) is 6.61 Å². The summed E-state index contributed by atoms with van der Waals surface area (Å²) in [6.45, 7) is 7.40. The van der Waals surface area contributed by atoms with Crippen LogP contribution in [-0.4, -0.2) is 68.1 Å². The van der Waals surface area contributed by atoms with Crippen molar-refractivity contribution in [1.82, 2.24) is 24.2 Å². The largest absolute Gasteiger partial charge is 0.395 e. The van der Waals surface area contributed by atoms with Gasteiger partial charge in [-0.15, -0.1) is 0 Å². The molecule has 0 aliphatic carbocycles. The van der Waals surface area contributed by atoms with Crippen LogP contribution in [0.5, 0.6) is 0 Å². The molecule has 6 heteroatoms. The van der Waals surface area contributed by atoms with Crippen LogP contribution < -0.4 is 0 Å². The first-order chi connectivity index (χ1) is 10.3. The third-order valence-electron chi connectivity index (χ3n) is 4.36. The van der Waals surface area contributed by atoms with E-state index in [1.54, 1.807) is 6.20 Å².